The van der Waals surface area contributed by atoms with Crippen LogP contribution in [0.4, 0.5) is 10.5 Å². The molecule has 0 aromatic heterocycles. The number of hydrogen-bond donors (Lipinski definition) is 7. The second-order valence-corrected chi connectivity index (χ2v) is 15.9. The van der Waals surface area contributed by atoms with Crippen molar-refractivity contribution in [2.75, 3.05) is 19.4 Å². The molecule has 1 aromatic carbocycles. The maximum atomic E-state index is 14.0. The Balaban J connectivity index is 3.14. The monoisotopic (exact) mass is 745 g/mol. The van der Waals surface area contributed by atoms with Crippen LogP contribution in [-0.4, -0.2) is 96.2 Å². The van der Waals surface area contributed by atoms with E-state index in [-0.39, 0.29) is 23.3 Å². The smallest absolute Gasteiger partial charge is 0.413 e. The first-order valence-electron chi connectivity index (χ1n) is 17.9. The molecule has 1 unspecified atom stereocenters. The molecule has 298 valence electrons. The summed E-state index contributed by atoms with van der Waals surface area (Å²) in [4.78, 5) is 78.6. The minimum absolute atomic E-state index is 0.101. The highest BCUT2D eigenvalue weighted by Crippen LogP contribution is 2.31. The third kappa shape index (κ3) is 13.5. The normalized spacial score (nSPS) is 15.7. The van der Waals surface area contributed by atoms with Gasteiger partial charge in [-0.3, -0.25) is 24.5 Å². The van der Waals surface area contributed by atoms with Gasteiger partial charge in [-0.1, -0.05) is 80.5 Å². The third-order valence-corrected chi connectivity index (χ3v) is 9.16. The van der Waals surface area contributed by atoms with Crippen molar-refractivity contribution in [3.63, 3.8) is 0 Å². The molecule has 5 amide bonds. The van der Waals surface area contributed by atoms with E-state index in [1.807, 2.05) is 54.5 Å². The van der Waals surface area contributed by atoms with E-state index in [4.69, 9.17) is 10.5 Å². The lowest BCUT2D eigenvalue weighted by atomic mass is 9.76. The number of rotatable bonds is 17. The van der Waals surface area contributed by atoms with Gasteiger partial charge in [0.05, 0.1) is 18.1 Å². The molecule has 6 atom stereocenters. The Morgan fingerprint density at radius 3 is 1.92 bits per heavy atom. The zero-order valence-electron chi connectivity index (χ0n) is 33.8. The Bertz CT molecular complexity index is 1500. The van der Waals surface area contributed by atoms with Gasteiger partial charge in [0.15, 0.2) is 6.23 Å². The van der Waals surface area contributed by atoms with Crippen LogP contribution in [-0.2, 0) is 34.1 Å². The minimum Gasteiger partial charge on any atom is -0.478 e. The van der Waals surface area contributed by atoms with Gasteiger partial charge in [0, 0.05) is 23.7 Å². The molecule has 1 rings (SSSR count). The van der Waals surface area contributed by atoms with Crippen LogP contribution in [0.15, 0.2) is 35.9 Å². The number of benzene rings is 1. The third-order valence-electron chi connectivity index (χ3n) is 9.16. The van der Waals surface area contributed by atoms with E-state index in [2.05, 4.69) is 26.6 Å². The summed E-state index contributed by atoms with van der Waals surface area (Å²) in [6.07, 6.45) is -0.339. The number of carboxylic acids is 1. The Hall–Kier alpha value is -4.50. The SMILES string of the molecule is CN[C@H](C(=O)N[C@H](C(=O)N(C)[C@H](/C=C(\C)C(=O)O)C(C)C)C(C)(C)C)C(C)(C)c1cccc(NC(=O)OC(C)NC(=O)[C@H](C)NC(=O)[C@@H](N)C(C)C)c1. The van der Waals surface area contributed by atoms with E-state index in [9.17, 15) is 33.9 Å². The Morgan fingerprint density at radius 1 is 0.849 bits per heavy atom. The molecule has 0 radical (unpaired) electrons. The number of nitrogens with two attached hydrogens (primary N) is 1. The average Bonchev–Trinajstić information content (AvgIpc) is 3.04. The molecule has 0 saturated heterocycles. The maximum Gasteiger partial charge on any atom is 0.413 e. The summed E-state index contributed by atoms with van der Waals surface area (Å²) in [6, 6.07) is 2.85. The predicted octanol–water partition coefficient (Wildman–Crippen LogP) is 3.10. The van der Waals surface area contributed by atoms with Gasteiger partial charge in [-0.05, 0) is 62.8 Å². The van der Waals surface area contributed by atoms with E-state index >= 15 is 0 Å². The number of anilines is 1. The molecular weight excluding hydrogens is 682 g/mol. The van der Waals surface area contributed by atoms with Crippen molar-refractivity contribution in [1.82, 2.24) is 26.2 Å². The van der Waals surface area contributed by atoms with Crippen LogP contribution in [0.25, 0.3) is 0 Å². The molecule has 0 aliphatic carbocycles. The molecule has 0 aliphatic rings. The van der Waals surface area contributed by atoms with Gasteiger partial charge in [0.2, 0.25) is 23.6 Å². The summed E-state index contributed by atoms with van der Waals surface area (Å²) in [5.74, 6) is -3.13. The number of likely N-dealkylation sites (N-methyl/N-ethyl adjacent to an activating group) is 2. The molecule has 0 saturated carbocycles. The van der Waals surface area contributed by atoms with Crippen molar-refractivity contribution in [3.05, 3.63) is 41.5 Å². The fourth-order valence-corrected chi connectivity index (χ4v) is 5.63. The summed E-state index contributed by atoms with van der Waals surface area (Å²) in [5, 5.41) is 23.2. The topological polar surface area (TPSA) is 221 Å². The summed E-state index contributed by atoms with van der Waals surface area (Å²) >= 11 is 0. The zero-order chi connectivity index (χ0) is 41.2. The first-order valence-corrected chi connectivity index (χ1v) is 17.9. The summed E-state index contributed by atoms with van der Waals surface area (Å²) < 4.78 is 5.32. The van der Waals surface area contributed by atoms with Crippen LogP contribution in [0, 0.1) is 17.3 Å². The van der Waals surface area contributed by atoms with Gasteiger partial charge in [-0.15, -0.1) is 0 Å². The number of aliphatic carboxylic acids is 1. The summed E-state index contributed by atoms with van der Waals surface area (Å²) in [5.41, 5.74) is 5.43. The largest absolute Gasteiger partial charge is 0.478 e. The van der Waals surface area contributed by atoms with Crippen molar-refractivity contribution < 1.29 is 38.6 Å². The van der Waals surface area contributed by atoms with Gasteiger partial charge in [-0.25, -0.2) is 9.59 Å². The van der Waals surface area contributed by atoms with Crippen LogP contribution in [0.5, 0.6) is 0 Å². The number of ether oxygens (including phenoxy) is 1. The molecule has 0 fully saturated rings. The molecule has 15 nitrogen and oxygen atoms in total. The minimum atomic E-state index is -1.08. The Morgan fingerprint density at radius 2 is 1.43 bits per heavy atom. The van der Waals surface area contributed by atoms with Crippen molar-refractivity contribution in [2.24, 2.45) is 23.0 Å². The molecule has 53 heavy (non-hydrogen) atoms. The number of carboxylic acid groups (broad SMARTS) is 1. The second-order valence-electron chi connectivity index (χ2n) is 15.9. The second kappa shape index (κ2) is 19.5. The molecule has 0 spiro atoms. The van der Waals surface area contributed by atoms with E-state index < -0.39 is 77.1 Å². The molecule has 0 aliphatic heterocycles. The highest BCUT2D eigenvalue weighted by Gasteiger charge is 2.42. The van der Waals surface area contributed by atoms with E-state index in [1.54, 1.807) is 52.2 Å². The van der Waals surface area contributed by atoms with Crippen molar-refractivity contribution in [2.45, 2.75) is 125 Å². The lowest BCUT2D eigenvalue weighted by Gasteiger charge is -2.40. The number of carbonyl (C=O) groups excluding carboxylic acids is 5. The van der Waals surface area contributed by atoms with Crippen LogP contribution >= 0.6 is 0 Å². The number of hydrogen-bond acceptors (Lipinski definition) is 9. The van der Waals surface area contributed by atoms with Gasteiger partial charge < -0.3 is 41.7 Å². The Labute approximate surface area is 314 Å². The highest BCUT2D eigenvalue weighted by atomic mass is 16.6. The quantitative estimate of drug-likeness (QED) is 0.0912. The van der Waals surface area contributed by atoms with Crippen LogP contribution in [0.3, 0.4) is 0 Å². The molecule has 1 aromatic rings. The van der Waals surface area contributed by atoms with E-state index in [0.717, 1.165) is 0 Å². The fourth-order valence-electron chi connectivity index (χ4n) is 5.63. The van der Waals surface area contributed by atoms with Crippen LogP contribution in [0.2, 0.25) is 0 Å². The van der Waals surface area contributed by atoms with Gasteiger partial charge in [0.1, 0.15) is 12.1 Å². The average molecular weight is 746 g/mol. The number of nitrogens with zero attached hydrogens (tertiary/aromatic N) is 1. The van der Waals surface area contributed by atoms with Gasteiger partial charge in [0.25, 0.3) is 0 Å². The maximum absolute atomic E-state index is 14.0. The lowest BCUT2D eigenvalue weighted by molar-refractivity contribution is -0.141. The number of carbonyl (C=O) groups is 6. The van der Waals surface area contributed by atoms with Gasteiger partial charge in [-0.2, -0.15) is 0 Å². The first-order chi connectivity index (χ1) is 24.3. The molecule has 8 N–H and O–H groups in total. The summed E-state index contributed by atoms with van der Waals surface area (Å²) in [7, 11) is 3.24. The molecule has 15 heteroatoms. The molecule has 0 heterocycles. The zero-order valence-corrected chi connectivity index (χ0v) is 33.8. The van der Waals surface area contributed by atoms with E-state index in [1.165, 1.54) is 25.7 Å². The molecular formula is C38H63N7O8. The first kappa shape index (κ1) is 46.5. The Kier molecular flexibility index (Phi) is 17.2. The van der Waals surface area contributed by atoms with Crippen molar-refractivity contribution >= 4 is 41.4 Å². The summed E-state index contributed by atoms with van der Waals surface area (Å²) in [6.45, 7) is 21.0. The van der Waals surface area contributed by atoms with Gasteiger partial charge >= 0.3 is 12.1 Å². The van der Waals surface area contributed by atoms with Crippen LogP contribution in [0.1, 0.15) is 88.6 Å². The number of nitrogens with one attached hydrogen (secondary N) is 5. The predicted molar refractivity (Wildman–Crippen MR) is 205 cm³/mol. The van der Waals surface area contributed by atoms with E-state index in [0.29, 0.717) is 11.3 Å². The fraction of sp³-hybridized carbons (Fsp3) is 0.632. The van der Waals surface area contributed by atoms with Crippen LogP contribution < -0.4 is 32.3 Å². The highest BCUT2D eigenvalue weighted by molar-refractivity contribution is 5.92. The van der Waals surface area contributed by atoms with Crippen molar-refractivity contribution in [3.8, 4) is 0 Å². The number of amides is 5. The standard InChI is InChI=1S/C38H63N7O8/c1-20(2)27(18-22(5)35(50)51)45(14)34(49)30(37(8,9)10)44-33(48)29(40-13)38(11,12)25-16-15-17-26(19-25)43-36(52)53-24(7)42-31(46)23(6)41-32(47)28(39)21(3)4/h15-21,23-24,27-30,40H,39H2,1-14H3,(H,41,47)(H,42,46)(H,43,52)(H,44,48)(H,50,51)/b22-18+/t23-,24?,27+,28-,29+,30+/m0/s1. The van der Waals surface area contributed by atoms with Crippen molar-refractivity contribution in [1.29, 1.82) is 0 Å². The lowest BCUT2D eigenvalue weighted by Crippen LogP contribution is -2.61. The molecule has 0 bridgehead atoms.